The van der Waals surface area contributed by atoms with Crippen LogP contribution < -0.4 is 44.8 Å². The number of aromatic carboxylic acids is 1. The van der Waals surface area contributed by atoms with Crippen molar-refractivity contribution in [2.45, 2.75) is 0 Å². The Hall–Kier alpha value is -6.39. The van der Waals surface area contributed by atoms with E-state index in [4.69, 9.17) is 9.47 Å². The Morgan fingerprint density at radius 3 is 1.83 bits per heavy atom. The first-order valence-electron chi connectivity index (χ1n) is 13.7. The maximum Gasteiger partial charge on any atom is 0.202 e. The Morgan fingerprint density at radius 1 is 0.688 bits per heavy atom. The normalized spacial score (nSPS) is 10.8. The summed E-state index contributed by atoms with van der Waals surface area (Å²) in [6, 6.07) is 9.94. The molecule has 0 aliphatic rings. The van der Waals surface area contributed by atoms with Gasteiger partial charge in [0.05, 0.1) is 67.4 Å². The van der Waals surface area contributed by atoms with Gasteiger partial charge in [0.15, 0.2) is 11.6 Å². The molecule has 0 atom stereocenters. The minimum absolute atomic E-state index is 0.0575. The van der Waals surface area contributed by atoms with Gasteiger partial charge in [-0.1, -0.05) is 18.2 Å². The summed E-state index contributed by atoms with van der Waals surface area (Å²) < 4.78 is 40.0. The molecule has 0 saturated carbocycles. The van der Waals surface area contributed by atoms with E-state index in [0.717, 1.165) is 11.0 Å². The van der Waals surface area contributed by atoms with Crippen LogP contribution in [0, 0.1) is 11.6 Å². The van der Waals surface area contributed by atoms with E-state index in [1.807, 2.05) is 0 Å². The van der Waals surface area contributed by atoms with Gasteiger partial charge in [-0.15, -0.1) is 0 Å². The second kappa shape index (κ2) is 14.8. The third-order valence-corrected chi connectivity index (χ3v) is 6.77. The van der Waals surface area contributed by atoms with Crippen LogP contribution >= 0.6 is 0 Å². The van der Waals surface area contributed by atoms with Crippen LogP contribution in [0.25, 0.3) is 22.0 Å². The van der Waals surface area contributed by atoms with Crippen LogP contribution in [0.3, 0.4) is 0 Å². The summed E-state index contributed by atoms with van der Waals surface area (Å²) in [6.45, 7) is -4.95. The number of aromatic nitrogens is 1. The zero-order valence-corrected chi connectivity index (χ0v) is 24.5. The molecule has 0 aliphatic heterocycles. The molecule has 1 heterocycles. The summed E-state index contributed by atoms with van der Waals surface area (Å²) in [6.07, 6.45) is 1.55. The molecule has 0 aliphatic carbocycles. The van der Waals surface area contributed by atoms with Crippen LogP contribution in [0.1, 0.15) is 10.4 Å². The molecule has 1 aromatic heterocycles. The number of carboxylic acid groups (broad SMARTS) is 5. The number of carboxylic acids is 5. The van der Waals surface area contributed by atoms with Gasteiger partial charge in [-0.05, 0) is 41.5 Å². The first kappa shape index (κ1) is 34.5. The quantitative estimate of drug-likeness (QED) is 0.108. The highest BCUT2D eigenvalue weighted by molar-refractivity contribution is 6.00. The molecule has 252 valence electrons. The monoisotopic (exact) mass is 666 g/mol. The Kier molecular flexibility index (Phi) is 10.6. The maximum atomic E-state index is 14.8. The van der Waals surface area contributed by atoms with Crippen molar-refractivity contribution < 1.29 is 67.8 Å². The topological polar surface area (TPSA) is 241 Å². The summed E-state index contributed by atoms with van der Waals surface area (Å²) >= 11 is 0. The molecule has 3 aromatic carbocycles. The number of H-pyrrole nitrogens is 1. The zero-order valence-electron chi connectivity index (χ0n) is 24.5. The van der Waals surface area contributed by atoms with Crippen molar-refractivity contribution in [3.63, 3.8) is 0 Å². The van der Waals surface area contributed by atoms with Gasteiger partial charge in [0.2, 0.25) is 5.82 Å². The van der Waals surface area contributed by atoms with Crippen molar-refractivity contribution in [1.82, 2.24) is 4.98 Å². The molecule has 1 N–H and O–H groups in total. The summed E-state index contributed by atoms with van der Waals surface area (Å²) in [5, 5.41) is 57.0. The lowest BCUT2D eigenvalue weighted by atomic mass is 10.0. The highest BCUT2D eigenvalue weighted by Crippen LogP contribution is 2.37. The van der Waals surface area contributed by atoms with E-state index < -0.39 is 92.3 Å². The average molecular weight is 667 g/mol. The molecule has 0 radical (unpaired) electrons. The molecule has 48 heavy (non-hydrogen) atoms. The number of aliphatic carboxylic acids is 4. The van der Waals surface area contributed by atoms with Crippen molar-refractivity contribution in [3.05, 3.63) is 71.9 Å². The number of hydrogen-bond donors (Lipinski definition) is 1. The van der Waals surface area contributed by atoms with E-state index in [2.05, 4.69) is 4.98 Å². The number of hydrogen-bond acceptors (Lipinski definition) is 14. The SMILES string of the molecule is O=C([O-])CN(CC(=O)[O-])c1ccc(-c2c[nH]c3cc(C(=O)[O-])ccc23)cc1OCCOc1c(N(CC(=O)[O-])CC(=O)[O-])ccc(F)c1F. The van der Waals surface area contributed by atoms with E-state index >= 15 is 0 Å². The third-order valence-electron chi connectivity index (χ3n) is 6.77. The van der Waals surface area contributed by atoms with Gasteiger partial charge in [-0.2, -0.15) is 4.39 Å². The van der Waals surface area contributed by atoms with Gasteiger partial charge in [0.25, 0.3) is 0 Å². The molecule has 0 unspecified atom stereocenters. The lowest BCUT2D eigenvalue weighted by Gasteiger charge is -2.28. The number of carbonyl (C=O) groups is 5. The molecule has 4 aromatic rings. The van der Waals surface area contributed by atoms with E-state index in [1.165, 1.54) is 36.4 Å². The summed E-state index contributed by atoms with van der Waals surface area (Å²) in [5.41, 5.74) is 0.791. The van der Waals surface area contributed by atoms with Gasteiger partial charge in [-0.3, -0.25) is 0 Å². The lowest BCUT2D eigenvalue weighted by molar-refractivity contribution is -0.307. The smallest absolute Gasteiger partial charge is 0.202 e. The molecular weight excluding hydrogens is 644 g/mol. The van der Waals surface area contributed by atoms with Gasteiger partial charge in [0, 0.05) is 22.7 Å². The summed E-state index contributed by atoms with van der Waals surface area (Å²) in [4.78, 5) is 60.9. The first-order valence-corrected chi connectivity index (χ1v) is 13.7. The van der Waals surface area contributed by atoms with E-state index in [-0.39, 0.29) is 17.0 Å². The van der Waals surface area contributed by atoms with Crippen LogP contribution in [0.5, 0.6) is 11.5 Å². The minimum Gasteiger partial charge on any atom is -0.548 e. The fourth-order valence-electron chi connectivity index (χ4n) is 4.83. The molecule has 0 fully saturated rings. The largest absolute Gasteiger partial charge is 0.548 e. The predicted octanol–water partition coefficient (Wildman–Crippen LogP) is -3.45. The molecule has 0 spiro atoms. The van der Waals surface area contributed by atoms with Crippen molar-refractivity contribution >= 4 is 52.1 Å². The van der Waals surface area contributed by atoms with Crippen LogP contribution in [0.15, 0.2) is 54.7 Å². The van der Waals surface area contributed by atoms with Crippen molar-refractivity contribution in [1.29, 1.82) is 0 Å². The number of rotatable bonds is 17. The Balaban J connectivity index is 1.67. The number of fused-ring (bicyclic) bond motifs is 1. The summed E-state index contributed by atoms with van der Waals surface area (Å²) in [5.74, 6) is -12.1. The molecule has 17 heteroatoms. The second-order valence-corrected chi connectivity index (χ2v) is 10.0. The Morgan fingerprint density at radius 2 is 1.25 bits per heavy atom. The van der Waals surface area contributed by atoms with Crippen molar-refractivity contribution in [2.24, 2.45) is 0 Å². The predicted molar refractivity (Wildman–Crippen MR) is 150 cm³/mol. The Bertz CT molecular complexity index is 1860. The number of ether oxygens (including phenoxy) is 2. The van der Waals surface area contributed by atoms with E-state index in [0.29, 0.717) is 33.0 Å². The van der Waals surface area contributed by atoms with Gasteiger partial charge >= 0.3 is 0 Å². The fraction of sp³-hybridized carbons (Fsp3) is 0.194. The number of halogens is 2. The Labute approximate surface area is 268 Å². The van der Waals surface area contributed by atoms with Crippen LogP contribution in [0.2, 0.25) is 0 Å². The van der Waals surface area contributed by atoms with Gasteiger partial charge in [-0.25, -0.2) is 4.39 Å². The second-order valence-electron chi connectivity index (χ2n) is 10.0. The fourth-order valence-corrected chi connectivity index (χ4v) is 4.83. The molecule has 4 rings (SSSR count). The molecule has 0 amide bonds. The number of anilines is 2. The van der Waals surface area contributed by atoms with E-state index in [9.17, 15) is 58.3 Å². The van der Waals surface area contributed by atoms with Crippen molar-refractivity contribution in [2.75, 3.05) is 49.2 Å². The number of carbonyl (C=O) groups excluding carboxylic acids is 5. The van der Waals surface area contributed by atoms with Crippen LogP contribution in [-0.2, 0) is 19.2 Å². The van der Waals surface area contributed by atoms with Crippen molar-refractivity contribution in [3.8, 4) is 22.6 Å². The molecular formula is C31H22F2N3O12-5. The zero-order chi connectivity index (χ0) is 35.1. The molecule has 15 nitrogen and oxygen atoms in total. The maximum absolute atomic E-state index is 14.8. The number of nitrogens with zero attached hydrogens (tertiary/aromatic N) is 2. The standard InChI is InChI=1S/C31H27F2N3O12/c32-20-4-6-23(36(14-27(41)42)15-28(43)44)30(29(20)33)48-8-7-47-24-10-16(2-5-22(24)35(12-25(37)38)13-26(39)40)19-11-34-21-9-17(31(45)46)1-3-18(19)21/h1-6,9-11,34H,7-8,12-15H2,(H,37,38)(H,39,40)(H,41,42)(H,43,44)(H,45,46)/p-5. The average Bonchev–Trinajstić information content (AvgIpc) is 3.43. The van der Waals surface area contributed by atoms with E-state index in [1.54, 1.807) is 6.20 Å². The van der Waals surface area contributed by atoms with Crippen LogP contribution in [-0.4, -0.2) is 74.2 Å². The highest BCUT2D eigenvalue weighted by atomic mass is 19.2. The minimum atomic E-state index is -1.74. The summed E-state index contributed by atoms with van der Waals surface area (Å²) in [7, 11) is 0. The highest BCUT2D eigenvalue weighted by Gasteiger charge is 2.21. The van der Waals surface area contributed by atoms with Gasteiger partial charge in [0.1, 0.15) is 19.0 Å². The van der Waals surface area contributed by atoms with Crippen LogP contribution in [0.4, 0.5) is 20.2 Å². The number of aromatic amines is 1. The molecule has 0 bridgehead atoms. The lowest BCUT2D eigenvalue weighted by Crippen LogP contribution is -2.44. The third kappa shape index (κ3) is 8.25. The molecule has 0 saturated heterocycles. The number of benzene rings is 3. The first-order chi connectivity index (χ1) is 22.7. The van der Waals surface area contributed by atoms with Gasteiger partial charge < -0.3 is 73.8 Å². The number of nitrogens with one attached hydrogen (secondary N) is 1.